The van der Waals surface area contributed by atoms with E-state index >= 15 is 0 Å². The Kier molecular flexibility index (Phi) is 4.58. The summed E-state index contributed by atoms with van der Waals surface area (Å²) in [6, 6.07) is 8.52. The van der Waals surface area contributed by atoms with Crippen molar-refractivity contribution in [2.24, 2.45) is 0 Å². The summed E-state index contributed by atoms with van der Waals surface area (Å²) in [5.41, 5.74) is 0.493. The number of alkyl halides is 1. The van der Waals surface area contributed by atoms with Crippen LogP contribution in [0.15, 0.2) is 36.5 Å². The molecule has 0 aliphatic carbocycles. The Hall–Kier alpha value is -1.81. The van der Waals surface area contributed by atoms with E-state index < -0.39 is 5.82 Å². The van der Waals surface area contributed by atoms with Crippen LogP contribution in [-0.2, 0) is 5.88 Å². The van der Waals surface area contributed by atoms with E-state index in [1.165, 1.54) is 6.07 Å². The Morgan fingerprint density at radius 3 is 2.68 bits per heavy atom. The molecule has 0 bridgehead atoms. The highest BCUT2D eigenvalue weighted by Gasteiger charge is 2.10. The molecule has 1 aromatic carbocycles. The highest BCUT2D eigenvalue weighted by atomic mass is 35.5. The van der Waals surface area contributed by atoms with Gasteiger partial charge in [0.1, 0.15) is 5.82 Å². The highest BCUT2D eigenvalue weighted by molar-refractivity contribution is 6.17. The van der Waals surface area contributed by atoms with E-state index in [1.807, 2.05) is 19.1 Å². The fourth-order valence-electron chi connectivity index (χ4n) is 1.57. The summed E-state index contributed by atoms with van der Waals surface area (Å²) < 4.78 is 24.2. The average Bonchev–Trinajstić information content (AvgIpc) is 2.43. The van der Waals surface area contributed by atoms with Gasteiger partial charge in [0, 0.05) is 5.56 Å². The van der Waals surface area contributed by atoms with E-state index in [1.54, 1.807) is 12.1 Å². The standard InChI is InChI=1S/C14H13ClFNO2/c1-2-18-12-5-3-4-6-13(12)19-14-10(8-15)7-11(16)9-17-14/h3-7,9H,2,8H2,1H3. The second-order valence-corrected chi connectivity index (χ2v) is 4.00. The van der Waals surface area contributed by atoms with Gasteiger partial charge >= 0.3 is 0 Å². The van der Waals surface area contributed by atoms with E-state index in [-0.39, 0.29) is 11.8 Å². The zero-order chi connectivity index (χ0) is 13.7. The quantitative estimate of drug-likeness (QED) is 0.772. The molecule has 100 valence electrons. The van der Waals surface area contributed by atoms with Crippen molar-refractivity contribution < 1.29 is 13.9 Å². The van der Waals surface area contributed by atoms with Gasteiger partial charge in [-0.15, -0.1) is 11.6 Å². The molecule has 0 spiro atoms. The maximum atomic E-state index is 13.1. The summed E-state index contributed by atoms with van der Waals surface area (Å²) in [6.45, 7) is 2.41. The summed E-state index contributed by atoms with van der Waals surface area (Å²) in [7, 11) is 0. The molecule has 0 fully saturated rings. The number of rotatable bonds is 5. The molecule has 0 atom stereocenters. The van der Waals surface area contributed by atoms with Crippen molar-refractivity contribution in [3.05, 3.63) is 47.9 Å². The van der Waals surface area contributed by atoms with Crippen LogP contribution in [0, 0.1) is 5.82 Å². The minimum Gasteiger partial charge on any atom is -0.490 e. The predicted molar refractivity (Wildman–Crippen MR) is 71.4 cm³/mol. The van der Waals surface area contributed by atoms with E-state index in [4.69, 9.17) is 21.1 Å². The van der Waals surface area contributed by atoms with Gasteiger partial charge in [-0.1, -0.05) is 12.1 Å². The number of halogens is 2. The molecule has 0 saturated heterocycles. The van der Waals surface area contributed by atoms with Crippen LogP contribution in [0.1, 0.15) is 12.5 Å². The predicted octanol–water partition coefficient (Wildman–Crippen LogP) is 4.15. The molecule has 19 heavy (non-hydrogen) atoms. The van der Waals surface area contributed by atoms with Crippen molar-refractivity contribution >= 4 is 11.6 Å². The normalized spacial score (nSPS) is 10.3. The van der Waals surface area contributed by atoms with Crippen LogP contribution in [0.4, 0.5) is 4.39 Å². The Morgan fingerprint density at radius 1 is 1.26 bits per heavy atom. The molecular formula is C14H13ClFNO2. The van der Waals surface area contributed by atoms with Gasteiger partial charge in [0.2, 0.25) is 5.88 Å². The largest absolute Gasteiger partial charge is 0.490 e. The number of benzene rings is 1. The molecule has 0 saturated carbocycles. The first-order valence-electron chi connectivity index (χ1n) is 5.84. The third-order valence-electron chi connectivity index (χ3n) is 2.39. The SMILES string of the molecule is CCOc1ccccc1Oc1ncc(F)cc1CCl. The van der Waals surface area contributed by atoms with Crippen molar-refractivity contribution in [2.75, 3.05) is 6.61 Å². The number of aromatic nitrogens is 1. The molecule has 5 heteroatoms. The number of ether oxygens (including phenoxy) is 2. The fraction of sp³-hybridized carbons (Fsp3) is 0.214. The zero-order valence-corrected chi connectivity index (χ0v) is 11.2. The molecular weight excluding hydrogens is 269 g/mol. The molecule has 0 radical (unpaired) electrons. The second-order valence-electron chi connectivity index (χ2n) is 3.73. The molecule has 3 nitrogen and oxygen atoms in total. The van der Waals surface area contributed by atoms with Crippen molar-refractivity contribution in [2.45, 2.75) is 12.8 Å². The van der Waals surface area contributed by atoms with Crippen LogP contribution < -0.4 is 9.47 Å². The lowest BCUT2D eigenvalue weighted by Crippen LogP contribution is -1.98. The summed E-state index contributed by atoms with van der Waals surface area (Å²) in [4.78, 5) is 3.91. The maximum Gasteiger partial charge on any atom is 0.224 e. The first-order valence-corrected chi connectivity index (χ1v) is 6.38. The Balaban J connectivity index is 2.30. The van der Waals surface area contributed by atoms with E-state index in [0.29, 0.717) is 23.7 Å². The van der Waals surface area contributed by atoms with E-state index in [2.05, 4.69) is 4.98 Å². The molecule has 0 aliphatic heterocycles. The Bertz CT molecular complexity index is 563. The molecule has 0 amide bonds. The smallest absolute Gasteiger partial charge is 0.224 e. The lowest BCUT2D eigenvalue weighted by molar-refractivity contribution is 0.319. The monoisotopic (exact) mass is 281 g/mol. The number of pyridine rings is 1. The van der Waals surface area contributed by atoms with Crippen molar-refractivity contribution in [1.82, 2.24) is 4.98 Å². The second kappa shape index (κ2) is 6.38. The molecule has 1 heterocycles. The van der Waals surface area contributed by atoms with Crippen LogP contribution in [0.25, 0.3) is 0 Å². The summed E-state index contributed by atoms with van der Waals surface area (Å²) in [5.74, 6) is 1.09. The van der Waals surface area contributed by atoms with Crippen LogP contribution >= 0.6 is 11.6 Å². The van der Waals surface area contributed by atoms with Gasteiger partial charge in [-0.05, 0) is 25.1 Å². The third kappa shape index (κ3) is 3.35. The summed E-state index contributed by atoms with van der Waals surface area (Å²) >= 11 is 5.75. The first kappa shape index (κ1) is 13.6. The molecule has 0 aliphatic rings. The first-order chi connectivity index (χ1) is 9.24. The molecule has 2 aromatic rings. The van der Waals surface area contributed by atoms with Crippen LogP contribution in [0.3, 0.4) is 0 Å². The van der Waals surface area contributed by atoms with Crippen LogP contribution in [0.2, 0.25) is 0 Å². The molecule has 0 N–H and O–H groups in total. The van der Waals surface area contributed by atoms with Gasteiger partial charge in [-0.25, -0.2) is 9.37 Å². The topological polar surface area (TPSA) is 31.4 Å². The average molecular weight is 282 g/mol. The zero-order valence-electron chi connectivity index (χ0n) is 10.4. The third-order valence-corrected chi connectivity index (χ3v) is 2.68. The van der Waals surface area contributed by atoms with Crippen molar-refractivity contribution in [3.8, 4) is 17.4 Å². The number of hydrogen-bond acceptors (Lipinski definition) is 3. The van der Waals surface area contributed by atoms with Crippen molar-refractivity contribution in [3.63, 3.8) is 0 Å². The number of nitrogens with zero attached hydrogens (tertiary/aromatic N) is 1. The van der Waals surface area contributed by atoms with Gasteiger partial charge in [0.25, 0.3) is 0 Å². The van der Waals surface area contributed by atoms with E-state index in [9.17, 15) is 4.39 Å². The van der Waals surface area contributed by atoms with Crippen LogP contribution in [-0.4, -0.2) is 11.6 Å². The van der Waals surface area contributed by atoms with E-state index in [0.717, 1.165) is 6.20 Å². The van der Waals surface area contributed by atoms with Gasteiger partial charge < -0.3 is 9.47 Å². The number of hydrogen-bond donors (Lipinski definition) is 0. The lowest BCUT2D eigenvalue weighted by atomic mass is 10.3. The van der Waals surface area contributed by atoms with Gasteiger partial charge in [0.05, 0.1) is 18.7 Å². The maximum absolute atomic E-state index is 13.1. The summed E-state index contributed by atoms with van der Waals surface area (Å²) in [5, 5.41) is 0. The number of para-hydroxylation sites is 2. The van der Waals surface area contributed by atoms with Gasteiger partial charge in [0.15, 0.2) is 11.5 Å². The van der Waals surface area contributed by atoms with Gasteiger partial charge in [-0.3, -0.25) is 0 Å². The molecule has 0 unspecified atom stereocenters. The summed E-state index contributed by atoms with van der Waals surface area (Å²) in [6.07, 6.45) is 1.09. The Morgan fingerprint density at radius 2 is 2.00 bits per heavy atom. The van der Waals surface area contributed by atoms with Crippen molar-refractivity contribution in [1.29, 1.82) is 0 Å². The minimum absolute atomic E-state index is 0.122. The lowest BCUT2D eigenvalue weighted by Gasteiger charge is -2.12. The molecule has 2 rings (SSSR count). The van der Waals surface area contributed by atoms with Gasteiger partial charge in [-0.2, -0.15) is 0 Å². The fourth-order valence-corrected chi connectivity index (χ4v) is 1.76. The molecule has 1 aromatic heterocycles. The minimum atomic E-state index is -0.443. The Labute approximate surface area is 115 Å². The highest BCUT2D eigenvalue weighted by Crippen LogP contribution is 2.32. The van der Waals surface area contributed by atoms with Crippen LogP contribution in [0.5, 0.6) is 17.4 Å².